The van der Waals surface area contributed by atoms with Gasteiger partial charge in [0, 0.05) is 13.1 Å². The van der Waals surface area contributed by atoms with E-state index in [4.69, 9.17) is 9.26 Å². The lowest BCUT2D eigenvalue weighted by Gasteiger charge is -2.29. The zero-order valence-corrected chi connectivity index (χ0v) is 15.4. The van der Waals surface area contributed by atoms with Crippen LogP contribution in [-0.2, 0) is 17.8 Å². The molecule has 1 N–H and O–H groups in total. The average Bonchev–Trinajstić information content (AvgIpc) is 2.97. The Morgan fingerprint density at radius 1 is 1.31 bits per heavy atom. The van der Waals surface area contributed by atoms with E-state index in [9.17, 15) is 4.79 Å². The van der Waals surface area contributed by atoms with Gasteiger partial charge in [-0.3, -0.25) is 9.69 Å². The maximum atomic E-state index is 11.5. The smallest absolute Gasteiger partial charge is 0.240 e. The van der Waals surface area contributed by atoms with Crippen LogP contribution in [-0.4, -0.2) is 41.6 Å². The highest BCUT2D eigenvalue weighted by molar-refractivity contribution is 5.77. The first kappa shape index (κ1) is 18.4. The van der Waals surface area contributed by atoms with Crippen molar-refractivity contribution in [2.24, 2.45) is 0 Å². The molecular weight excluding hydrogens is 332 g/mol. The molecule has 0 spiro atoms. The van der Waals surface area contributed by atoms with Crippen LogP contribution in [0.5, 0.6) is 5.75 Å². The van der Waals surface area contributed by atoms with Crippen molar-refractivity contribution in [3.05, 3.63) is 41.5 Å². The lowest BCUT2D eigenvalue weighted by atomic mass is 10.0. The molecule has 7 nitrogen and oxygen atoms in total. The van der Waals surface area contributed by atoms with Crippen LogP contribution >= 0.6 is 0 Å². The minimum absolute atomic E-state index is 0.122. The number of carbonyl (C=O) groups is 1. The summed E-state index contributed by atoms with van der Waals surface area (Å²) < 4.78 is 10.6. The molecule has 0 bridgehead atoms. The minimum Gasteiger partial charge on any atom is -0.497 e. The Labute approximate surface area is 153 Å². The summed E-state index contributed by atoms with van der Waals surface area (Å²) in [7, 11) is 3.28. The Bertz CT molecular complexity index is 714. The van der Waals surface area contributed by atoms with Crippen LogP contribution in [0.1, 0.15) is 49.0 Å². The fraction of sp³-hybridized carbons (Fsp3) is 0.526. The number of hydrogen-bond donors (Lipinski definition) is 1. The molecular formula is C19H26N4O3. The van der Waals surface area contributed by atoms with Gasteiger partial charge in [0.25, 0.3) is 0 Å². The van der Waals surface area contributed by atoms with Crippen LogP contribution < -0.4 is 10.1 Å². The second-order valence-corrected chi connectivity index (χ2v) is 6.56. The molecule has 1 amide bonds. The fourth-order valence-electron chi connectivity index (χ4n) is 3.39. The summed E-state index contributed by atoms with van der Waals surface area (Å²) in [6.45, 7) is 1.58. The van der Waals surface area contributed by atoms with Crippen LogP contribution in [0.2, 0.25) is 0 Å². The second kappa shape index (κ2) is 8.80. The molecule has 0 radical (unpaired) electrons. The van der Waals surface area contributed by atoms with E-state index in [0.717, 1.165) is 25.1 Å². The molecule has 0 saturated carbocycles. The third kappa shape index (κ3) is 4.60. The van der Waals surface area contributed by atoms with E-state index in [1.165, 1.54) is 18.4 Å². The predicted molar refractivity (Wildman–Crippen MR) is 96.7 cm³/mol. The Morgan fingerprint density at radius 3 is 2.85 bits per heavy atom. The van der Waals surface area contributed by atoms with Gasteiger partial charge in [-0.05, 0) is 37.1 Å². The number of carbonyl (C=O) groups excluding carboxylic acids is 1. The molecule has 3 rings (SSSR count). The van der Waals surface area contributed by atoms with Gasteiger partial charge < -0.3 is 14.6 Å². The van der Waals surface area contributed by atoms with E-state index in [1.54, 1.807) is 14.2 Å². The van der Waals surface area contributed by atoms with Gasteiger partial charge in [-0.2, -0.15) is 4.98 Å². The summed E-state index contributed by atoms with van der Waals surface area (Å²) in [4.78, 5) is 18.2. The van der Waals surface area contributed by atoms with E-state index in [1.807, 2.05) is 12.1 Å². The number of amides is 1. The quantitative estimate of drug-likeness (QED) is 0.854. The van der Waals surface area contributed by atoms with Crippen molar-refractivity contribution in [2.75, 3.05) is 20.7 Å². The van der Waals surface area contributed by atoms with Crippen molar-refractivity contribution in [1.29, 1.82) is 0 Å². The highest BCUT2D eigenvalue weighted by atomic mass is 16.5. The van der Waals surface area contributed by atoms with Crippen LogP contribution in [0.3, 0.4) is 0 Å². The number of likely N-dealkylation sites (tertiary alicyclic amines) is 1. The van der Waals surface area contributed by atoms with Crippen LogP contribution in [0.4, 0.5) is 0 Å². The van der Waals surface area contributed by atoms with Gasteiger partial charge >= 0.3 is 0 Å². The molecule has 0 unspecified atom stereocenters. The first-order valence-corrected chi connectivity index (χ1v) is 9.09. The standard InChI is InChI=1S/C19H26N4O3/c1-20-18(24)12-17-21-19(26-22-17)13-23-11-5-3-4-6-16(23)14-7-9-15(25-2)10-8-14/h7-10,16H,3-6,11-13H2,1-2H3,(H,20,24)/t16-/m0/s1. The number of likely N-dealkylation sites (N-methyl/N-ethyl adjacent to an activating group) is 1. The van der Waals surface area contributed by atoms with E-state index < -0.39 is 0 Å². The summed E-state index contributed by atoms with van der Waals surface area (Å²) in [5.74, 6) is 1.73. The Hall–Kier alpha value is -2.41. The average molecular weight is 358 g/mol. The monoisotopic (exact) mass is 358 g/mol. The third-order valence-electron chi connectivity index (χ3n) is 4.81. The minimum atomic E-state index is -0.122. The molecule has 1 atom stereocenters. The molecule has 1 saturated heterocycles. The van der Waals surface area contributed by atoms with Gasteiger partial charge in [0.15, 0.2) is 5.82 Å². The second-order valence-electron chi connectivity index (χ2n) is 6.56. The van der Waals surface area contributed by atoms with E-state index in [-0.39, 0.29) is 12.3 Å². The Morgan fingerprint density at radius 2 is 2.12 bits per heavy atom. The molecule has 1 aliphatic heterocycles. The largest absolute Gasteiger partial charge is 0.497 e. The fourth-order valence-corrected chi connectivity index (χ4v) is 3.39. The molecule has 1 fully saturated rings. The summed E-state index contributed by atoms with van der Waals surface area (Å²) in [5, 5.41) is 6.49. The predicted octanol–water partition coefficient (Wildman–Crippen LogP) is 2.48. The van der Waals surface area contributed by atoms with Crippen LogP contribution in [0.25, 0.3) is 0 Å². The van der Waals surface area contributed by atoms with Gasteiger partial charge in [0.2, 0.25) is 11.8 Å². The zero-order valence-electron chi connectivity index (χ0n) is 15.4. The van der Waals surface area contributed by atoms with Crippen molar-refractivity contribution in [3.63, 3.8) is 0 Å². The van der Waals surface area contributed by atoms with Gasteiger partial charge in [-0.25, -0.2) is 0 Å². The first-order valence-electron chi connectivity index (χ1n) is 9.09. The van der Waals surface area contributed by atoms with Crippen molar-refractivity contribution in [3.8, 4) is 5.75 Å². The molecule has 0 aliphatic carbocycles. The van der Waals surface area contributed by atoms with E-state index in [0.29, 0.717) is 24.3 Å². The number of aromatic nitrogens is 2. The molecule has 1 aromatic carbocycles. The van der Waals surface area contributed by atoms with E-state index in [2.05, 4.69) is 32.5 Å². The van der Waals surface area contributed by atoms with Gasteiger partial charge in [0.1, 0.15) is 5.75 Å². The molecule has 2 heterocycles. The van der Waals surface area contributed by atoms with Crippen LogP contribution in [0, 0.1) is 0 Å². The molecule has 26 heavy (non-hydrogen) atoms. The molecule has 2 aromatic rings. The van der Waals surface area contributed by atoms with Gasteiger partial charge in [0.05, 0.1) is 20.1 Å². The highest BCUT2D eigenvalue weighted by Crippen LogP contribution is 2.32. The third-order valence-corrected chi connectivity index (χ3v) is 4.81. The number of nitrogens with zero attached hydrogens (tertiary/aromatic N) is 3. The van der Waals surface area contributed by atoms with Crippen molar-refractivity contribution in [2.45, 2.75) is 44.7 Å². The maximum Gasteiger partial charge on any atom is 0.240 e. The number of benzene rings is 1. The zero-order chi connectivity index (χ0) is 18.4. The normalized spacial score (nSPS) is 18.3. The topological polar surface area (TPSA) is 80.5 Å². The van der Waals surface area contributed by atoms with Crippen molar-refractivity contribution >= 4 is 5.91 Å². The summed E-state index contributed by atoms with van der Waals surface area (Å²) in [5.41, 5.74) is 1.28. The molecule has 1 aliphatic rings. The highest BCUT2D eigenvalue weighted by Gasteiger charge is 2.24. The number of rotatable bonds is 6. The number of methoxy groups -OCH3 is 1. The SMILES string of the molecule is CNC(=O)Cc1noc(CN2CCCCC[C@H]2c2ccc(OC)cc2)n1. The summed E-state index contributed by atoms with van der Waals surface area (Å²) in [6, 6.07) is 8.59. The maximum absolute atomic E-state index is 11.5. The molecule has 7 heteroatoms. The Kier molecular flexibility index (Phi) is 6.22. The van der Waals surface area contributed by atoms with Crippen LogP contribution in [0.15, 0.2) is 28.8 Å². The van der Waals surface area contributed by atoms with Gasteiger partial charge in [-0.15, -0.1) is 0 Å². The van der Waals surface area contributed by atoms with Crippen molar-refractivity contribution < 1.29 is 14.1 Å². The lowest BCUT2D eigenvalue weighted by molar-refractivity contribution is -0.120. The van der Waals surface area contributed by atoms with Gasteiger partial charge in [-0.1, -0.05) is 30.1 Å². The summed E-state index contributed by atoms with van der Waals surface area (Å²) >= 11 is 0. The van der Waals surface area contributed by atoms with Crippen molar-refractivity contribution in [1.82, 2.24) is 20.4 Å². The number of ether oxygens (including phenoxy) is 1. The Balaban J connectivity index is 1.73. The molecule has 1 aromatic heterocycles. The lowest BCUT2D eigenvalue weighted by Crippen LogP contribution is -2.28. The van der Waals surface area contributed by atoms with E-state index >= 15 is 0 Å². The molecule has 140 valence electrons. The number of nitrogens with one attached hydrogen (secondary N) is 1. The summed E-state index contributed by atoms with van der Waals surface area (Å²) in [6.07, 6.45) is 4.84. The number of hydrogen-bond acceptors (Lipinski definition) is 6. The first-order chi connectivity index (χ1) is 12.7.